The third-order valence-corrected chi connectivity index (χ3v) is 8.22. The molecular formula is C35H21N3OS. The van der Waals surface area contributed by atoms with Crippen molar-refractivity contribution in [2.45, 2.75) is 0 Å². The molecule has 8 rings (SSSR count). The molecule has 40 heavy (non-hydrogen) atoms. The van der Waals surface area contributed by atoms with Crippen LogP contribution in [0.3, 0.4) is 0 Å². The number of furan rings is 1. The molecule has 0 radical (unpaired) electrons. The number of hydrogen-bond acceptors (Lipinski definition) is 5. The molecule has 0 saturated carbocycles. The first kappa shape index (κ1) is 22.8. The highest BCUT2D eigenvalue weighted by Gasteiger charge is 2.20. The second kappa shape index (κ2) is 9.26. The number of thiazole rings is 1. The summed E-state index contributed by atoms with van der Waals surface area (Å²) in [6, 6.07) is 43.1. The zero-order chi connectivity index (χ0) is 26.5. The zero-order valence-electron chi connectivity index (χ0n) is 21.3. The van der Waals surface area contributed by atoms with Crippen molar-refractivity contribution in [3.05, 3.63) is 127 Å². The van der Waals surface area contributed by atoms with Gasteiger partial charge in [-0.25, -0.2) is 15.0 Å². The third kappa shape index (κ3) is 3.79. The summed E-state index contributed by atoms with van der Waals surface area (Å²) in [6.07, 6.45) is 0. The molecule has 0 spiro atoms. The van der Waals surface area contributed by atoms with Gasteiger partial charge in [-0.05, 0) is 30.3 Å². The molecule has 0 atom stereocenters. The highest BCUT2D eigenvalue weighted by molar-refractivity contribution is 7.21. The molecule has 0 fully saturated rings. The molecular weight excluding hydrogens is 510 g/mol. The van der Waals surface area contributed by atoms with Gasteiger partial charge < -0.3 is 4.42 Å². The van der Waals surface area contributed by atoms with Crippen LogP contribution in [-0.4, -0.2) is 15.0 Å². The predicted molar refractivity (Wildman–Crippen MR) is 164 cm³/mol. The van der Waals surface area contributed by atoms with E-state index in [2.05, 4.69) is 60.7 Å². The molecule has 188 valence electrons. The Kier molecular flexibility index (Phi) is 5.28. The van der Waals surface area contributed by atoms with Crippen LogP contribution >= 0.6 is 11.3 Å². The molecule has 0 bridgehead atoms. The lowest BCUT2D eigenvalue weighted by Gasteiger charge is -2.10. The molecule has 4 nitrogen and oxygen atoms in total. The van der Waals surface area contributed by atoms with Crippen LogP contribution in [0.4, 0.5) is 0 Å². The molecule has 0 N–H and O–H groups in total. The topological polar surface area (TPSA) is 51.8 Å². The van der Waals surface area contributed by atoms with Gasteiger partial charge in [0, 0.05) is 33.0 Å². The maximum absolute atomic E-state index is 6.40. The van der Waals surface area contributed by atoms with Crippen molar-refractivity contribution in [2.75, 3.05) is 0 Å². The molecule has 0 unspecified atom stereocenters. The lowest BCUT2D eigenvalue weighted by atomic mass is 10.0. The van der Waals surface area contributed by atoms with Gasteiger partial charge in [0.05, 0.1) is 21.6 Å². The Morgan fingerprint density at radius 3 is 1.73 bits per heavy atom. The minimum absolute atomic E-state index is 0.660. The normalized spacial score (nSPS) is 11.5. The van der Waals surface area contributed by atoms with E-state index in [1.807, 2.05) is 66.7 Å². The van der Waals surface area contributed by atoms with Crippen molar-refractivity contribution in [3.8, 4) is 44.5 Å². The van der Waals surface area contributed by atoms with Crippen molar-refractivity contribution < 1.29 is 4.42 Å². The average Bonchev–Trinajstić information content (AvgIpc) is 3.63. The van der Waals surface area contributed by atoms with Gasteiger partial charge >= 0.3 is 0 Å². The number of fused-ring (bicyclic) bond motifs is 4. The molecule has 3 aromatic heterocycles. The van der Waals surface area contributed by atoms with Crippen LogP contribution in [0.15, 0.2) is 132 Å². The maximum Gasteiger partial charge on any atom is 0.161 e. The Balaban J connectivity index is 1.42. The molecule has 0 aliphatic heterocycles. The van der Waals surface area contributed by atoms with Gasteiger partial charge in [0.2, 0.25) is 0 Å². The van der Waals surface area contributed by atoms with Gasteiger partial charge in [-0.1, -0.05) is 97.1 Å². The highest BCUT2D eigenvalue weighted by Crippen LogP contribution is 2.43. The molecule has 0 aliphatic carbocycles. The Labute approximate surface area is 234 Å². The smallest absolute Gasteiger partial charge is 0.161 e. The molecule has 5 aromatic carbocycles. The summed E-state index contributed by atoms with van der Waals surface area (Å²) in [7, 11) is 0. The molecule has 0 aliphatic rings. The van der Waals surface area contributed by atoms with Crippen molar-refractivity contribution in [1.82, 2.24) is 15.0 Å². The summed E-state index contributed by atoms with van der Waals surface area (Å²) < 4.78 is 7.56. The van der Waals surface area contributed by atoms with Crippen LogP contribution < -0.4 is 0 Å². The maximum atomic E-state index is 6.40. The SMILES string of the molecule is c1ccc(-c2cc(-c3ccccc3)nc(-c3cccc4oc5cccc(-c6nc7ccccc7s6)c5c34)n2)cc1. The van der Waals surface area contributed by atoms with E-state index in [1.54, 1.807) is 11.3 Å². The first-order chi connectivity index (χ1) is 19.8. The molecule has 5 heteroatoms. The number of hydrogen-bond donors (Lipinski definition) is 0. The van der Waals surface area contributed by atoms with Crippen molar-refractivity contribution >= 4 is 43.5 Å². The lowest BCUT2D eigenvalue weighted by Crippen LogP contribution is -1.96. The fraction of sp³-hybridized carbons (Fsp3) is 0. The van der Waals surface area contributed by atoms with E-state index < -0.39 is 0 Å². The van der Waals surface area contributed by atoms with Gasteiger partial charge in [-0.15, -0.1) is 11.3 Å². The number of nitrogens with zero attached hydrogens (tertiary/aromatic N) is 3. The molecule has 0 amide bonds. The van der Waals surface area contributed by atoms with Crippen LogP contribution in [-0.2, 0) is 0 Å². The summed E-state index contributed by atoms with van der Waals surface area (Å²) in [5.74, 6) is 0.660. The Hall–Kier alpha value is -5.13. The summed E-state index contributed by atoms with van der Waals surface area (Å²) in [6.45, 7) is 0. The van der Waals surface area contributed by atoms with Gasteiger partial charge in [-0.3, -0.25) is 0 Å². The highest BCUT2D eigenvalue weighted by atomic mass is 32.1. The van der Waals surface area contributed by atoms with Crippen molar-refractivity contribution in [1.29, 1.82) is 0 Å². The lowest BCUT2D eigenvalue weighted by molar-refractivity contribution is 0.669. The molecule has 3 heterocycles. The summed E-state index contributed by atoms with van der Waals surface area (Å²) >= 11 is 1.69. The minimum Gasteiger partial charge on any atom is -0.456 e. The molecule has 8 aromatic rings. The van der Waals surface area contributed by atoms with E-state index in [4.69, 9.17) is 19.4 Å². The zero-order valence-corrected chi connectivity index (χ0v) is 22.1. The van der Waals surface area contributed by atoms with Crippen LogP contribution in [0.25, 0.3) is 76.6 Å². The standard InChI is InChI=1S/C35H21N3OS/c1-3-11-22(12-4-1)27-21-28(23-13-5-2-6-14-23)37-34(36-27)24-15-9-18-29-32(24)33-25(16-10-19-30(33)39-29)35-38-26-17-7-8-20-31(26)40-35/h1-21H. The second-order valence-electron chi connectivity index (χ2n) is 9.64. The number of aromatic nitrogens is 3. The van der Waals surface area contributed by atoms with Gasteiger partial charge in [0.15, 0.2) is 5.82 Å². The number of rotatable bonds is 4. The van der Waals surface area contributed by atoms with Crippen molar-refractivity contribution in [2.24, 2.45) is 0 Å². The van der Waals surface area contributed by atoms with Crippen LogP contribution in [0.1, 0.15) is 0 Å². The molecule has 0 saturated heterocycles. The Morgan fingerprint density at radius 1 is 0.500 bits per heavy atom. The largest absolute Gasteiger partial charge is 0.456 e. The summed E-state index contributed by atoms with van der Waals surface area (Å²) in [5.41, 5.74) is 8.44. The van der Waals surface area contributed by atoms with E-state index >= 15 is 0 Å². The van der Waals surface area contributed by atoms with Crippen LogP contribution in [0.5, 0.6) is 0 Å². The predicted octanol–water partition coefficient (Wildman–Crippen LogP) is 9.65. The number of para-hydroxylation sites is 1. The minimum atomic E-state index is 0.660. The quantitative estimate of drug-likeness (QED) is 0.227. The number of benzene rings is 5. The Morgan fingerprint density at radius 2 is 1.07 bits per heavy atom. The first-order valence-electron chi connectivity index (χ1n) is 13.1. The fourth-order valence-corrected chi connectivity index (χ4v) is 6.30. The summed E-state index contributed by atoms with van der Waals surface area (Å²) in [5, 5.41) is 2.99. The van der Waals surface area contributed by atoms with Crippen molar-refractivity contribution in [3.63, 3.8) is 0 Å². The average molecular weight is 532 g/mol. The van der Waals surface area contributed by atoms with Crippen LogP contribution in [0, 0.1) is 0 Å². The summed E-state index contributed by atoms with van der Waals surface area (Å²) in [4.78, 5) is 15.2. The van der Waals surface area contributed by atoms with E-state index in [9.17, 15) is 0 Å². The monoisotopic (exact) mass is 531 g/mol. The van der Waals surface area contributed by atoms with Crippen LogP contribution in [0.2, 0.25) is 0 Å². The van der Waals surface area contributed by atoms with E-state index in [-0.39, 0.29) is 0 Å². The fourth-order valence-electron chi connectivity index (χ4n) is 5.30. The van der Waals surface area contributed by atoms with E-state index in [1.165, 1.54) is 0 Å². The van der Waals surface area contributed by atoms with E-state index in [0.717, 1.165) is 70.8 Å². The second-order valence-corrected chi connectivity index (χ2v) is 10.7. The third-order valence-electron chi connectivity index (χ3n) is 7.15. The first-order valence-corrected chi connectivity index (χ1v) is 13.9. The van der Waals surface area contributed by atoms with E-state index in [0.29, 0.717) is 5.82 Å². The van der Waals surface area contributed by atoms with Gasteiger partial charge in [0.25, 0.3) is 0 Å². The van der Waals surface area contributed by atoms with Gasteiger partial charge in [0.1, 0.15) is 16.2 Å². The van der Waals surface area contributed by atoms with Gasteiger partial charge in [-0.2, -0.15) is 0 Å². The Bertz CT molecular complexity index is 2070.